The van der Waals surface area contributed by atoms with Gasteiger partial charge in [-0.25, -0.2) is 0 Å². The molecule has 10 heterocycles. The largest absolute Gasteiger partial charge is 0.384 e. The standard InChI is InChI=1S/C17H21ClN4O2.3C15H17ClN4O.C14H16ClN5O/c1-10(19)5-7-22-14-4-3-11(18)9-12(14)16-15(17(22)23)13(20-21-16)6-8-24-2;1-8(6-17)7-20-12-4-3-10(16)5-11(12)14-13(15(20)21)9(2)18-19-14;2*1-8(17)5-6-20-12-4-3-10(16)7-11(12)14-13(15(20)21)9(2)18-19-14;1-7-12-13(19-18-7)9-6-8(15)2-3-10(9)20(14(12)21)5-4-11(16)17/h3-4,9-10H,5-8,19H2,1-2H3,(H,20,21);3-5,8H,6-7,17H2,1-2H3,(H,18,19);2*3-4,7-8H,5-6,17H2,1-2H3,(H,18,19);2-3,6,11H,4-5,16-17H2,1H3,(H,18,19)/t;2*8-;;/m.00../s1. The van der Waals surface area contributed by atoms with E-state index in [1.165, 1.54) is 0 Å². The Labute approximate surface area is 643 Å². The minimum absolute atomic E-state index is 0.0206. The van der Waals surface area contributed by atoms with Crippen molar-refractivity contribution in [3.8, 4) is 0 Å². The summed E-state index contributed by atoms with van der Waals surface area (Å²) in [6.07, 6.45) is 2.84. The van der Waals surface area contributed by atoms with Crippen molar-refractivity contribution in [3.05, 3.63) is 196 Å². The molecule has 0 amide bonds. The number of benzene rings is 5. The number of nitrogens with zero attached hydrogens (tertiary/aromatic N) is 10. The highest BCUT2D eigenvalue weighted by molar-refractivity contribution is 6.33. The molecule has 32 heteroatoms. The Bertz CT molecular complexity index is 5830. The Morgan fingerprint density at radius 2 is 0.648 bits per heavy atom. The molecule has 0 fully saturated rings. The van der Waals surface area contributed by atoms with Gasteiger partial charge in [-0.15, -0.1) is 0 Å². The number of ether oxygens (including phenoxy) is 1. The Balaban J connectivity index is 0.000000134. The van der Waals surface area contributed by atoms with Gasteiger partial charge in [0.25, 0.3) is 27.8 Å². The molecule has 0 saturated carbocycles. The van der Waals surface area contributed by atoms with Crippen molar-refractivity contribution in [3.63, 3.8) is 0 Å². The Morgan fingerprint density at radius 3 is 0.926 bits per heavy atom. The van der Waals surface area contributed by atoms with Crippen LogP contribution in [0.5, 0.6) is 0 Å². The summed E-state index contributed by atoms with van der Waals surface area (Å²) < 4.78 is 13.9. The maximum absolute atomic E-state index is 13.1. The molecular weight excluding hydrogens is 1480 g/mol. The number of aromatic amines is 5. The normalized spacial score (nSPS) is 12.9. The first-order valence-electron chi connectivity index (χ1n) is 35.3. The molecule has 0 radical (unpaired) electrons. The highest BCUT2D eigenvalue weighted by Gasteiger charge is 2.23. The van der Waals surface area contributed by atoms with E-state index in [-0.39, 0.29) is 51.8 Å². The summed E-state index contributed by atoms with van der Waals surface area (Å²) in [6.45, 7) is 19.0. The molecule has 0 aliphatic rings. The van der Waals surface area contributed by atoms with Crippen molar-refractivity contribution in [1.82, 2.24) is 73.8 Å². The monoisotopic (exact) mass is 1570 g/mol. The van der Waals surface area contributed by atoms with Crippen molar-refractivity contribution in [1.29, 1.82) is 0 Å². The topological polar surface area (TPSA) is 419 Å². The number of halogens is 5. The summed E-state index contributed by atoms with van der Waals surface area (Å²) in [6, 6.07) is 27.5. The van der Waals surface area contributed by atoms with Crippen LogP contribution in [0.2, 0.25) is 25.1 Å². The first-order valence-corrected chi connectivity index (χ1v) is 37.2. The molecule has 5 aromatic carbocycles. The number of H-pyrrole nitrogens is 5. The van der Waals surface area contributed by atoms with E-state index in [1.54, 1.807) is 60.3 Å². The second-order valence-corrected chi connectivity index (χ2v) is 29.8. The quantitative estimate of drug-likeness (QED) is 0.0355. The van der Waals surface area contributed by atoms with E-state index < -0.39 is 6.17 Å². The summed E-state index contributed by atoms with van der Waals surface area (Å²) >= 11 is 30.5. The molecule has 15 rings (SSSR count). The highest BCUT2D eigenvalue weighted by atomic mass is 35.5. The third-order valence-corrected chi connectivity index (χ3v) is 20.2. The minimum atomic E-state index is -0.458. The van der Waals surface area contributed by atoms with Crippen LogP contribution < -0.4 is 62.2 Å². The Kier molecular flexibility index (Phi) is 25.1. The lowest BCUT2D eigenvalue weighted by Gasteiger charge is -2.15. The van der Waals surface area contributed by atoms with E-state index in [4.69, 9.17) is 97.1 Å². The van der Waals surface area contributed by atoms with Gasteiger partial charge in [0, 0.05) is 139 Å². The maximum atomic E-state index is 13.1. The highest BCUT2D eigenvalue weighted by Crippen LogP contribution is 2.32. The van der Waals surface area contributed by atoms with Gasteiger partial charge in [0.2, 0.25) is 0 Å². The fourth-order valence-electron chi connectivity index (χ4n) is 13.4. The second-order valence-electron chi connectivity index (χ2n) is 27.6. The number of aromatic nitrogens is 15. The number of hydrogen-bond donors (Lipinski definition) is 11. The third-order valence-electron chi connectivity index (χ3n) is 19.0. The molecule has 0 aliphatic carbocycles. The number of nitrogens with one attached hydrogen (secondary N) is 5. The zero-order chi connectivity index (χ0) is 77.9. The third kappa shape index (κ3) is 16.6. The predicted octanol–water partition coefficient (Wildman–Crippen LogP) is 11.5. The number of methoxy groups -OCH3 is 1. The number of pyridine rings is 5. The Morgan fingerprint density at radius 1 is 0.389 bits per heavy atom. The van der Waals surface area contributed by atoms with Gasteiger partial charge in [0.1, 0.15) is 27.6 Å². The van der Waals surface area contributed by atoms with Crippen LogP contribution in [0, 0.1) is 33.6 Å². The molecule has 568 valence electrons. The van der Waals surface area contributed by atoms with Gasteiger partial charge in [-0.1, -0.05) is 64.9 Å². The van der Waals surface area contributed by atoms with Crippen LogP contribution in [0.1, 0.15) is 81.8 Å². The van der Waals surface area contributed by atoms with Crippen LogP contribution in [0.15, 0.2) is 115 Å². The maximum Gasteiger partial charge on any atom is 0.262 e. The lowest BCUT2D eigenvalue weighted by atomic mass is 10.1. The van der Waals surface area contributed by atoms with Crippen molar-refractivity contribution in [2.24, 2.45) is 40.3 Å². The summed E-state index contributed by atoms with van der Waals surface area (Å²) in [4.78, 5) is 64.1. The molecule has 108 heavy (non-hydrogen) atoms. The van der Waals surface area contributed by atoms with E-state index in [9.17, 15) is 24.0 Å². The SMILES string of the molecule is COCCc1[nH]nc2c1c(=O)n(CCC(C)N)c1ccc(Cl)cc21.Cc1[nH]nc2c1c(=O)n(CCC(C)N)c1ccc(Cl)cc21.Cc1[nH]nc2c1c(=O)n(CCC(N)N)c1ccc(Cl)cc21.Cc1[nH]nc2c1c(=O)n(CC[C@H](C)N)c1ccc(Cl)cc21.Cc1[nH]nc2c1c(=O)n(C[C@@H](C)CN)c1ccc(Cl)cc21. The molecule has 15 aromatic rings. The number of fused-ring (bicyclic) bond motifs is 15. The van der Waals surface area contributed by atoms with Gasteiger partial charge in [-0.05, 0) is 178 Å². The zero-order valence-electron chi connectivity index (χ0n) is 61.3. The fraction of sp³-hybridized carbons (Fsp3) is 0.342. The number of aryl methyl sites for hydroxylation is 8. The molecule has 27 nitrogen and oxygen atoms in total. The van der Waals surface area contributed by atoms with Gasteiger partial charge in [0.15, 0.2) is 0 Å². The molecule has 2 unspecified atom stereocenters. The molecule has 0 spiro atoms. The summed E-state index contributed by atoms with van der Waals surface area (Å²) in [5, 5.41) is 46.4. The second kappa shape index (κ2) is 34.1. The van der Waals surface area contributed by atoms with Crippen LogP contribution in [0.3, 0.4) is 0 Å². The van der Waals surface area contributed by atoms with Crippen molar-refractivity contribution in [2.75, 3.05) is 20.3 Å². The van der Waals surface area contributed by atoms with E-state index in [0.717, 1.165) is 95.8 Å². The number of rotatable bonds is 18. The average molecular weight is 1570 g/mol. The molecule has 17 N–H and O–H groups in total. The van der Waals surface area contributed by atoms with Crippen LogP contribution >= 0.6 is 58.0 Å². The predicted molar refractivity (Wildman–Crippen MR) is 439 cm³/mol. The van der Waals surface area contributed by atoms with E-state index in [2.05, 4.69) is 51.0 Å². The summed E-state index contributed by atoms with van der Waals surface area (Å²) in [5.41, 5.74) is 45.4. The molecule has 4 atom stereocenters. The average Bonchev–Trinajstić information content (AvgIpc) is 1.65. The summed E-state index contributed by atoms with van der Waals surface area (Å²) in [5.74, 6) is 0.214. The van der Waals surface area contributed by atoms with Crippen LogP contribution in [-0.4, -0.2) is 118 Å². The molecular formula is C76H88Cl5N21O6. The van der Waals surface area contributed by atoms with Crippen molar-refractivity contribution >= 4 is 167 Å². The minimum Gasteiger partial charge on any atom is -0.384 e. The number of nitrogens with two attached hydrogens (primary N) is 6. The van der Waals surface area contributed by atoms with Crippen LogP contribution in [-0.2, 0) is 43.9 Å². The van der Waals surface area contributed by atoms with Crippen molar-refractivity contribution < 1.29 is 4.74 Å². The first kappa shape index (κ1) is 79.7. The smallest absolute Gasteiger partial charge is 0.262 e. The molecule has 0 aliphatic heterocycles. The number of hydrogen-bond acceptors (Lipinski definition) is 17. The zero-order valence-corrected chi connectivity index (χ0v) is 65.1. The van der Waals surface area contributed by atoms with Gasteiger partial charge in [-0.2, -0.15) is 25.5 Å². The van der Waals surface area contributed by atoms with Gasteiger partial charge in [0.05, 0.1) is 73.0 Å². The summed E-state index contributed by atoms with van der Waals surface area (Å²) in [7, 11) is 1.63. The fourth-order valence-corrected chi connectivity index (χ4v) is 14.2. The van der Waals surface area contributed by atoms with Gasteiger partial charge < -0.3 is 62.0 Å². The van der Waals surface area contributed by atoms with Crippen LogP contribution in [0.25, 0.3) is 109 Å². The first-order chi connectivity index (χ1) is 51.5. The lowest BCUT2D eigenvalue weighted by molar-refractivity contribution is 0.201. The van der Waals surface area contributed by atoms with E-state index in [1.807, 2.05) is 116 Å². The van der Waals surface area contributed by atoms with Crippen molar-refractivity contribution in [2.45, 2.75) is 145 Å². The molecule has 0 saturated heterocycles. The van der Waals surface area contributed by atoms with E-state index in [0.29, 0.717) is 145 Å². The Hall–Kier alpha value is -9.33. The molecule has 0 bridgehead atoms. The van der Waals surface area contributed by atoms with Gasteiger partial charge >= 0.3 is 0 Å². The molecule has 10 aromatic heterocycles. The lowest BCUT2D eigenvalue weighted by Crippen LogP contribution is -2.33. The van der Waals surface area contributed by atoms with Gasteiger partial charge in [-0.3, -0.25) is 49.5 Å². The van der Waals surface area contributed by atoms with Crippen LogP contribution in [0.4, 0.5) is 0 Å². The van der Waals surface area contributed by atoms with E-state index >= 15 is 0 Å².